The van der Waals surface area contributed by atoms with Crippen LogP contribution >= 0.6 is 24.0 Å². The topological polar surface area (TPSA) is 77.5 Å². The minimum absolute atomic E-state index is 0. The molecular weight excluding hydrogens is 363 g/mol. The van der Waals surface area contributed by atoms with Crippen LogP contribution in [0.3, 0.4) is 0 Å². The first-order chi connectivity index (χ1) is 11.6. The molecule has 1 aromatic carbocycles. The quantitative estimate of drug-likeness (QED) is 0.828. The average molecular weight is 385 g/mol. The van der Waals surface area contributed by atoms with Crippen molar-refractivity contribution in [2.75, 3.05) is 19.8 Å². The Hall–Kier alpha value is -1.53. The highest BCUT2D eigenvalue weighted by Gasteiger charge is 2.36. The van der Waals surface area contributed by atoms with Gasteiger partial charge in [0.25, 0.3) is 5.91 Å². The SMILES string of the molecule is Cl.NCc1cc(C(=O)NCC2(c3ccccc3Cl)CCOCC2)co1. The summed E-state index contributed by atoms with van der Waals surface area (Å²) in [6.07, 6.45) is 3.07. The molecular formula is C18H22Cl2N2O3. The van der Waals surface area contributed by atoms with Gasteiger partial charge in [-0.25, -0.2) is 0 Å². The molecule has 3 rings (SSSR count). The van der Waals surface area contributed by atoms with Gasteiger partial charge in [0.2, 0.25) is 0 Å². The number of carbonyl (C=O) groups is 1. The molecule has 7 heteroatoms. The largest absolute Gasteiger partial charge is 0.467 e. The summed E-state index contributed by atoms with van der Waals surface area (Å²) in [5, 5.41) is 3.74. The summed E-state index contributed by atoms with van der Waals surface area (Å²) in [6.45, 7) is 2.09. The molecule has 1 amide bonds. The van der Waals surface area contributed by atoms with E-state index >= 15 is 0 Å². The molecule has 0 bridgehead atoms. The maximum absolute atomic E-state index is 12.4. The van der Waals surface area contributed by atoms with Gasteiger partial charge >= 0.3 is 0 Å². The fraction of sp³-hybridized carbons (Fsp3) is 0.389. The number of carbonyl (C=O) groups excluding carboxylic acids is 1. The van der Waals surface area contributed by atoms with Crippen LogP contribution in [-0.2, 0) is 16.7 Å². The maximum atomic E-state index is 12.4. The molecule has 2 aromatic rings. The number of benzene rings is 1. The number of hydrogen-bond donors (Lipinski definition) is 2. The second kappa shape index (κ2) is 8.72. The average Bonchev–Trinajstić information content (AvgIpc) is 3.10. The van der Waals surface area contributed by atoms with Crippen molar-refractivity contribution < 1.29 is 13.9 Å². The number of ether oxygens (including phenoxy) is 1. The van der Waals surface area contributed by atoms with Gasteiger partial charge in [0.15, 0.2) is 0 Å². The summed E-state index contributed by atoms with van der Waals surface area (Å²) in [4.78, 5) is 12.4. The van der Waals surface area contributed by atoms with Crippen LogP contribution in [0.2, 0.25) is 5.02 Å². The molecule has 1 saturated heterocycles. The van der Waals surface area contributed by atoms with Crippen LogP contribution < -0.4 is 11.1 Å². The lowest BCUT2D eigenvalue weighted by Crippen LogP contribution is -2.44. The molecule has 0 spiro atoms. The third-order valence-corrected chi connectivity index (χ3v) is 4.93. The van der Waals surface area contributed by atoms with Gasteiger partial charge in [0, 0.05) is 30.2 Å². The van der Waals surface area contributed by atoms with Crippen LogP contribution in [0.25, 0.3) is 0 Å². The Morgan fingerprint density at radius 1 is 1.28 bits per heavy atom. The highest BCUT2D eigenvalue weighted by Crippen LogP contribution is 2.38. The lowest BCUT2D eigenvalue weighted by molar-refractivity contribution is 0.0487. The fourth-order valence-corrected chi connectivity index (χ4v) is 3.49. The third-order valence-electron chi connectivity index (χ3n) is 4.60. The number of rotatable bonds is 5. The van der Waals surface area contributed by atoms with Crippen LogP contribution in [0.1, 0.15) is 34.5 Å². The van der Waals surface area contributed by atoms with Crippen molar-refractivity contribution in [3.05, 3.63) is 58.5 Å². The number of amides is 1. The Balaban J connectivity index is 0.00000225. The van der Waals surface area contributed by atoms with Crippen LogP contribution in [0.15, 0.2) is 41.0 Å². The first-order valence-corrected chi connectivity index (χ1v) is 8.41. The van der Waals surface area contributed by atoms with Crippen LogP contribution in [0.4, 0.5) is 0 Å². The smallest absolute Gasteiger partial charge is 0.254 e. The zero-order chi connectivity index (χ0) is 17.0. The summed E-state index contributed by atoms with van der Waals surface area (Å²) in [5.41, 5.74) is 6.84. The van der Waals surface area contributed by atoms with E-state index in [0.717, 1.165) is 23.4 Å². The molecule has 136 valence electrons. The van der Waals surface area contributed by atoms with Crippen molar-refractivity contribution in [3.8, 4) is 0 Å². The van der Waals surface area contributed by atoms with E-state index in [9.17, 15) is 4.79 Å². The number of halogens is 2. The second-order valence-corrected chi connectivity index (χ2v) is 6.47. The summed E-state index contributed by atoms with van der Waals surface area (Å²) in [7, 11) is 0. The molecule has 3 N–H and O–H groups in total. The maximum Gasteiger partial charge on any atom is 0.254 e. The second-order valence-electron chi connectivity index (χ2n) is 6.06. The molecule has 0 unspecified atom stereocenters. The van der Waals surface area contributed by atoms with Gasteiger partial charge in [-0.3, -0.25) is 4.79 Å². The first-order valence-electron chi connectivity index (χ1n) is 8.03. The number of nitrogens with one attached hydrogen (secondary N) is 1. The van der Waals surface area contributed by atoms with Crippen LogP contribution in [0, 0.1) is 0 Å². The van der Waals surface area contributed by atoms with E-state index in [1.54, 1.807) is 6.07 Å². The Labute approximate surface area is 158 Å². The van der Waals surface area contributed by atoms with Crippen molar-refractivity contribution in [1.82, 2.24) is 5.32 Å². The lowest BCUT2D eigenvalue weighted by Gasteiger charge is -2.38. The Morgan fingerprint density at radius 2 is 2.00 bits per heavy atom. The van der Waals surface area contributed by atoms with Gasteiger partial charge in [-0.1, -0.05) is 29.8 Å². The summed E-state index contributed by atoms with van der Waals surface area (Å²) >= 11 is 6.42. The summed E-state index contributed by atoms with van der Waals surface area (Å²) in [6, 6.07) is 9.48. The third kappa shape index (κ3) is 4.36. The Morgan fingerprint density at radius 3 is 2.64 bits per heavy atom. The molecule has 1 aliphatic heterocycles. The van der Waals surface area contributed by atoms with Gasteiger partial charge in [0.05, 0.1) is 12.1 Å². The van der Waals surface area contributed by atoms with E-state index in [0.29, 0.717) is 31.1 Å². The normalized spacial score (nSPS) is 16.1. The zero-order valence-corrected chi connectivity index (χ0v) is 15.4. The van der Waals surface area contributed by atoms with Gasteiger partial charge in [0.1, 0.15) is 12.0 Å². The minimum Gasteiger partial charge on any atom is -0.467 e. The van der Waals surface area contributed by atoms with Gasteiger partial charge in [-0.05, 0) is 30.5 Å². The van der Waals surface area contributed by atoms with Crippen molar-refractivity contribution in [2.24, 2.45) is 5.73 Å². The number of hydrogen-bond acceptors (Lipinski definition) is 4. The van der Waals surface area contributed by atoms with E-state index in [2.05, 4.69) is 5.32 Å². The molecule has 2 heterocycles. The molecule has 5 nitrogen and oxygen atoms in total. The van der Waals surface area contributed by atoms with E-state index in [1.165, 1.54) is 6.26 Å². The minimum atomic E-state index is -0.216. The standard InChI is InChI=1S/C18H21ClN2O3.ClH/c19-16-4-2-1-3-15(16)18(5-7-23-8-6-18)12-21-17(22)13-9-14(10-20)24-11-13;/h1-4,9,11H,5-8,10,12,20H2,(H,21,22);1H. The van der Waals surface area contributed by atoms with Crippen LogP contribution in [-0.4, -0.2) is 25.7 Å². The van der Waals surface area contributed by atoms with E-state index in [4.69, 9.17) is 26.5 Å². The monoisotopic (exact) mass is 384 g/mol. The molecule has 0 atom stereocenters. The highest BCUT2D eigenvalue weighted by atomic mass is 35.5. The zero-order valence-electron chi connectivity index (χ0n) is 13.8. The predicted molar refractivity (Wildman–Crippen MR) is 99.4 cm³/mol. The van der Waals surface area contributed by atoms with E-state index in [-0.39, 0.29) is 30.3 Å². The highest BCUT2D eigenvalue weighted by molar-refractivity contribution is 6.31. The number of nitrogens with two attached hydrogens (primary N) is 1. The van der Waals surface area contributed by atoms with Gasteiger partial charge < -0.3 is 20.2 Å². The Bertz CT molecular complexity index is 712. The van der Waals surface area contributed by atoms with Crippen molar-refractivity contribution >= 4 is 29.9 Å². The van der Waals surface area contributed by atoms with Crippen LogP contribution in [0.5, 0.6) is 0 Å². The molecule has 25 heavy (non-hydrogen) atoms. The van der Waals surface area contributed by atoms with E-state index < -0.39 is 0 Å². The molecule has 0 saturated carbocycles. The fourth-order valence-electron chi connectivity index (χ4n) is 3.15. The number of furan rings is 1. The summed E-state index contributed by atoms with van der Waals surface area (Å²) < 4.78 is 10.7. The predicted octanol–water partition coefficient (Wildman–Crippen LogP) is 3.29. The van der Waals surface area contributed by atoms with Crippen molar-refractivity contribution in [1.29, 1.82) is 0 Å². The molecule has 1 aromatic heterocycles. The lowest BCUT2D eigenvalue weighted by atomic mass is 9.74. The van der Waals surface area contributed by atoms with E-state index in [1.807, 2.05) is 24.3 Å². The van der Waals surface area contributed by atoms with Crippen molar-refractivity contribution in [3.63, 3.8) is 0 Å². The van der Waals surface area contributed by atoms with Gasteiger partial charge in [-0.15, -0.1) is 12.4 Å². The Kier molecular flexibility index (Phi) is 6.90. The molecule has 1 aliphatic rings. The molecule has 1 fully saturated rings. The van der Waals surface area contributed by atoms with Gasteiger partial charge in [-0.2, -0.15) is 0 Å². The molecule has 0 aliphatic carbocycles. The molecule has 0 radical (unpaired) electrons. The van der Waals surface area contributed by atoms with Crippen molar-refractivity contribution in [2.45, 2.75) is 24.8 Å². The summed E-state index contributed by atoms with van der Waals surface area (Å²) in [5.74, 6) is 0.420. The first kappa shape index (κ1) is 19.8.